The van der Waals surface area contributed by atoms with Crippen molar-refractivity contribution in [1.82, 2.24) is 4.98 Å². The maximum Gasteiger partial charge on any atom is 0.274 e. The average Bonchev–Trinajstić information content (AvgIpc) is 2.87. The van der Waals surface area contributed by atoms with Crippen molar-refractivity contribution in [2.75, 3.05) is 17.8 Å². The van der Waals surface area contributed by atoms with Crippen LogP contribution < -0.4 is 20.5 Å². The van der Waals surface area contributed by atoms with E-state index in [1.807, 2.05) is 0 Å². The van der Waals surface area contributed by atoms with Crippen LogP contribution in [0.3, 0.4) is 0 Å². The summed E-state index contributed by atoms with van der Waals surface area (Å²) in [5.74, 6) is 0.708. The molecule has 3 rings (SSSR count). The van der Waals surface area contributed by atoms with Crippen LogP contribution in [0.5, 0.6) is 11.5 Å². The first-order valence-corrected chi connectivity index (χ1v) is 6.13. The SMILES string of the molecule is Nc1ccc(C(=O)Nc2cc3c(cc2Cl)OCO3)nc1. The van der Waals surface area contributed by atoms with Crippen molar-refractivity contribution >= 4 is 28.9 Å². The third kappa shape index (κ3) is 2.33. The molecular formula is C13H10ClN3O3. The van der Waals surface area contributed by atoms with E-state index in [0.717, 1.165) is 0 Å². The van der Waals surface area contributed by atoms with Gasteiger partial charge in [-0.05, 0) is 12.1 Å². The Bertz CT molecular complexity index is 673. The zero-order valence-electron chi connectivity index (χ0n) is 10.2. The van der Waals surface area contributed by atoms with Gasteiger partial charge in [0.25, 0.3) is 5.91 Å². The van der Waals surface area contributed by atoms with Crippen molar-refractivity contribution in [3.8, 4) is 11.5 Å². The summed E-state index contributed by atoms with van der Waals surface area (Å²) >= 11 is 6.07. The van der Waals surface area contributed by atoms with Gasteiger partial charge in [0.05, 0.1) is 22.6 Å². The Hall–Kier alpha value is -2.47. The fraction of sp³-hybridized carbons (Fsp3) is 0.0769. The number of pyridine rings is 1. The first-order valence-electron chi connectivity index (χ1n) is 5.75. The van der Waals surface area contributed by atoms with Crippen molar-refractivity contribution in [1.29, 1.82) is 0 Å². The highest BCUT2D eigenvalue weighted by Gasteiger charge is 2.18. The van der Waals surface area contributed by atoms with Crippen LogP contribution in [0.2, 0.25) is 5.02 Å². The lowest BCUT2D eigenvalue weighted by Gasteiger charge is -2.08. The van der Waals surface area contributed by atoms with Crippen LogP contribution in [0.1, 0.15) is 10.5 Å². The number of carbonyl (C=O) groups is 1. The number of aromatic nitrogens is 1. The fourth-order valence-electron chi connectivity index (χ4n) is 1.74. The van der Waals surface area contributed by atoms with Gasteiger partial charge in [0.2, 0.25) is 6.79 Å². The molecule has 1 aliphatic heterocycles. The van der Waals surface area contributed by atoms with E-state index in [1.165, 1.54) is 12.3 Å². The lowest BCUT2D eigenvalue weighted by Crippen LogP contribution is -2.14. The van der Waals surface area contributed by atoms with Crippen LogP contribution in [0.4, 0.5) is 11.4 Å². The minimum atomic E-state index is -0.384. The van der Waals surface area contributed by atoms with Gasteiger partial charge in [0.15, 0.2) is 11.5 Å². The summed E-state index contributed by atoms with van der Waals surface area (Å²) in [4.78, 5) is 16.0. The normalized spacial score (nSPS) is 12.2. The molecule has 6 nitrogen and oxygen atoms in total. The lowest BCUT2D eigenvalue weighted by molar-refractivity contribution is 0.102. The fourth-order valence-corrected chi connectivity index (χ4v) is 1.94. The molecule has 0 bridgehead atoms. The molecule has 0 aliphatic carbocycles. The molecule has 102 valence electrons. The number of halogens is 1. The van der Waals surface area contributed by atoms with E-state index in [-0.39, 0.29) is 18.4 Å². The second kappa shape index (κ2) is 4.90. The molecule has 1 aromatic carbocycles. The van der Waals surface area contributed by atoms with Crippen LogP contribution in [0.15, 0.2) is 30.5 Å². The zero-order chi connectivity index (χ0) is 14.1. The Labute approximate surface area is 119 Å². The van der Waals surface area contributed by atoms with Crippen LogP contribution in [0, 0.1) is 0 Å². The predicted molar refractivity (Wildman–Crippen MR) is 74.2 cm³/mol. The number of ether oxygens (including phenoxy) is 2. The molecule has 3 N–H and O–H groups in total. The first-order chi connectivity index (χ1) is 9.63. The quantitative estimate of drug-likeness (QED) is 0.886. The molecule has 7 heteroatoms. The average molecular weight is 292 g/mol. The number of nitrogen functional groups attached to an aromatic ring is 1. The number of amides is 1. The molecule has 0 saturated heterocycles. The highest BCUT2D eigenvalue weighted by molar-refractivity contribution is 6.34. The van der Waals surface area contributed by atoms with E-state index in [9.17, 15) is 4.79 Å². The summed E-state index contributed by atoms with van der Waals surface area (Å²) in [6.07, 6.45) is 1.41. The van der Waals surface area contributed by atoms with Gasteiger partial charge in [-0.25, -0.2) is 4.98 Å². The van der Waals surface area contributed by atoms with E-state index >= 15 is 0 Å². The van der Waals surface area contributed by atoms with E-state index in [2.05, 4.69) is 10.3 Å². The van der Waals surface area contributed by atoms with Gasteiger partial charge >= 0.3 is 0 Å². The zero-order valence-corrected chi connectivity index (χ0v) is 11.0. The largest absolute Gasteiger partial charge is 0.454 e. The minimum absolute atomic E-state index is 0.141. The summed E-state index contributed by atoms with van der Waals surface area (Å²) in [6.45, 7) is 0.141. The molecule has 2 heterocycles. The van der Waals surface area contributed by atoms with E-state index in [4.69, 9.17) is 26.8 Å². The number of rotatable bonds is 2. The van der Waals surface area contributed by atoms with Gasteiger partial charge in [-0.15, -0.1) is 0 Å². The predicted octanol–water partition coefficient (Wildman–Crippen LogP) is 2.30. The molecule has 0 fully saturated rings. The Morgan fingerprint density at radius 2 is 2.05 bits per heavy atom. The number of benzene rings is 1. The number of nitrogens with two attached hydrogens (primary N) is 1. The second-order valence-corrected chi connectivity index (χ2v) is 4.52. The van der Waals surface area contributed by atoms with Gasteiger partial charge in [-0.1, -0.05) is 11.6 Å². The molecule has 1 aliphatic rings. The third-order valence-electron chi connectivity index (χ3n) is 2.73. The highest BCUT2D eigenvalue weighted by Crippen LogP contribution is 2.39. The van der Waals surface area contributed by atoms with Crippen LogP contribution in [-0.4, -0.2) is 17.7 Å². The number of nitrogens with one attached hydrogen (secondary N) is 1. The number of nitrogens with zero attached hydrogens (tertiary/aromatic N) is 1. The van der Waals surface area contributed by atoms with Crippen molar-refractivity contribution in [3.05, 3.63) is 41.2 Å². The molecule has 0 spiro atoms. The molecule has 1 amide bonds. The molecule has 0 radical (unpaired) electrons. The van der Waals surface area contributed by atoms with Crippen LogP contribution in [-0.2, 0) is 0 Å². The van der Waals surface area contributed by atoms with E-state index < -0.39 is 0 Å². The molecular weight excluding hydrogens is 282 g/mol. The van der Waals surface area contributed by atoms with Gasteiger partial charge in [-0.2, -0.15) is 0 Å². The van der Waals surface area contributed by atoms with E-state index in [1.54, 1.807) is 18.2 Å². The van der Waals surface area contributed by atoms with Gasteiger partial charge in [0.1, 0.15) is 5.69 Å². The first kappa shape index (κ1) is 12.6. The molecule has 0 saturated carbocycles. The Balaban J connectivity index is 1.84. The third-order valence-corrected chi connectivity index (χ3v) is 3.04. The Morgan fingerprint density at radius 1 is 1.30 bits per heavy atom. The summed E-state index contributed by atoms with van der Waals surface area (Å²) in [5.41, 5.74) is 6.68. The molecule has 0 atom stereocenters. The molecule has 0 unspecified atom stereocenters. The number of hydrogen-bond acceptors (Lipinski definition) is 5. The summed E-state index contributed by atoms with van der Waals surface area (Å²) in [6, 6.07) is 6.34. The number of anilines is 2. The summed E-state index contributed by atoms with van der Waals surface area (Å²) < 4.78 is 10.4. The highest BCUT2D eigenvalue weighted by atomic mass is 35.5. The number of hydrogen-bond donors (Lipinski definition) is 2. The smallest absolute Gasteiger partial charge is 0.274 e. The number of fused-ring (bicyclic) bond motifs is 1. The topological polar surface area (TPSA) is 86.5 Å². The second-order valence-electron chi connectivity index (χ2n) is 4.12. The minimum Gasteiger partial charge on any atom is -0.454 e. The van der Waals surface area contributed by atoms with Gasteiger partial charge < -0.3 is 20.5 Å². The van der Waals surface area contributed by atoms with Crippen molar-refractivity contribution in [3.63, 3.8) is 0 Å². The van der Waals surface area contributed by atoms with Gasteiger partial charge in [-0.3, -0.25) is 4.79 Å². The molecule has 2 aromatic rings. The molecule has 1 aromatic heterocycles. The van der Waals surface area contributed by atoms with Gasteiger partial charge in [0, 0.05) is 12.1 Å². The Kier molecular flexibility index (Phi) is 3.08. The van der Waals surface area contributed by atoms with Crippen molar-refractivity contribution in [2.24, 2.45) is 0 Å². The van der Waals surface area contributed by atoms with E-state index in [0.29, 0.717) is 27.9 Å². The summed E-state index contributed by atoms with van der Waals surface area (Å²) in [5, 5.41) is 3.03. The van der Waals surface area contributed by atoms with Crippen molar-refractivity contribution < 1.29 is 14.3 Å². The monoisotopic (exact) mass is 291 g/mol. The Morgan fingerprint density at radius 3 is 2.75 bits per heavy atom. The standard InChI is InChI=1S/C13H10ClN3O3/c14-8-3-11-12(20-6-19-11)4-10(8)17-13(18)9-2-1-7(15)5-16-9/h1-5H,6,15H2,(H,17,18). The lowest BCUT2D eigenvalue weighted by atomic mass is 10.2. The molecule has 20 heavy (non-hydrogen) atoms. The van der Waals surface area contributed by atoms with Crippen LogP contribution in [0.25, 0.3) is 0 Å². The van der Waals surface area contributed by atoms with Crippen molar-refractivity contribution in [2.45, 2.75) is 0 Å². The maximum atomic E-state index is 12.0. The number of carbonyl (C=O) groups excluding carboxylic acids is 1. The summed E-state index contributed by atoms with van der Waals surface area (Å²) in [7, 11) is 0. The maximum absolute atomic E-state index is 12.0. The van der Waals surface area contributed by atoms with Crippen LogP contribution >= 0.6 is 11.6 Å².